The van der Waals surface area contributed by atoms with Gasteiger partial charge in [-0.3, -0.25) is 14.5 Å². The van der Waals surface area contributed by atoms with E-state index in [2.05, 4.69) is 14.7 Å². The molecule has 0 fully saturated rings. The fourth-order valence-electron chi connectivity index (χ4n) is 4.13. The van der Waals surface area contributed by atoms with Gasteiger partial charge in [0.25, 0.3) is 10.0 Å². The molecule has 1 amide bonds. The molecule has 196 valence electrons. The van der Waals surface area contributed by atoms with E-state index >= 15 is 0 Å². The maximum absolute atomic E-state index is 14.2. The molecule has 8 nitrogen and oxygen atoms in total. The number of primary amides is 1. The van der Waals surface area contributed by atoms with Crippen molar-refractivity contribution in [2.45, 2.75) is 4.90 Å². The first-order valence-corrected chi connectivity index (χ1v) is 13.0. The van der Waals surface area contributed by atoms with E-state index in [1.807, 2.05) is 18.2 Å². The fourth-order valence-corrected chi connectivity index (χ4v) is 5.24. The highest BCUT2D eigenvalue weighted by Gasteiger charge is 2.22. The first-order chi connectivity index (χ1) is 18.7. The van der Waals surface area contributed by atoms with Crippen LogP contribution in [-0.2, 0) is 10.0 Å². The zero-order valence-electron chi connectivity index (χ0n) is 20.4. The van der Waals surface area contributed by atoms with Gasteiger partial charge in [-0.05, 0) is 65.2 Å². The average Bonchev–Trinajstić information content (AvgIpc) is 2.92. The summed E-state index contributed by atoms with van der Waals surface area (Å²) in [5, 5.41) is 0.799. The van der Waals surface area contributed by atoms with E-state index in [0.717, 1.165) is 28.6 Å². The van der Waals surface area contributed by atoms with Crippen LogP contribution in [-0.4, -0.2) is 31.4 Å². The number of nitrogens with zero attached hydrogens (tertiary/aromatic N) is 2. The number of rotatable bonds is 7. The molecule has 3 aromatic carbocycles. The molecule has 5 rings (SSSR count). The van der Waals surface area contributed by atoms with Crippen molar-refractivity contribution in [2.75, 3.05) is 11.8 Å². The van der Waals surface area contributed by atoms with Crippen molar-refractivity contribution in [1.29, 1.82) is 0 Å². The number of benzene rings is 3. The Morgan fingerprint density at radius 2 is 1.64 bits per heavy atom. The van der Waals surface area contributed by atoms with E-state index < -0.39 is 32.5 Å². The number of sulfonamides is 1. The molecular weight excluding hydrogens is 526 g/mol. The standard InChI is InChI=1S/C28H20F2N4O4S/c1-38-28-25(34-39(36,37)26-9-7-20(29)14-23(26)30)13-19(15-33-28)18-6-8-24-22(12-18)21(10-11-32-24)16-2-4-17(5-3-16)27(31)35/h2-15,34H,1H3,(H2,31,35). The van der Waals surface area contributed by atoms with Crippen molar-refractivity contribution < 1.29 is 26.7 Å². The maximum atomic E-state index is 14.2. The van der Waals surface area contributed by atoms with Gasteiger partial charge in [0.05, 0.1) is 12.6 Å². The summed E-state index contributed by atoms with van der Waals surface area (Å²) < 4.78 is 60.8. The van der Waals surface area contributed by atoms with Gasteiger partial charge >= 0.3 is 0 Å². The Morgan fingerprint density at radius 3 is 2.33 bits per heavy atom. The summed E-state index contributed by atoms with van der Waals surface area (Å²) >= 11 is 0. The molecule has 0 saturated carbocycles. The van der Waals surface area contributed by atoms with E-state index in [-0.39, 0.29) is 11.6 Å². The van der Waals surface area contributed by atoms with Crippen LogP contribution in [0.2, 0.25) is 0 Å². The first-order valence-electron chi connectivity index (χ1n) is 11.5. The number of hydrogen-bond acceptors (Lipinski definition) is 6. The number of nitrogens with one attached hydrogen (secondary N) is 1. The van der Waals surface area contributed by atoms with E-state index in [9.17, 15) is 22.0 Å². The summed E-state index contributed by atoms with van der Waals surface area (Å²) in [5.74, 6) is -2.70. The van der Waals surface area contributed by atoms with Gasteiger partial charge < -0.3 is 10.5 Å². The molecule has 0 aliphatic carbocycles. The second-order valence-electron chi connectivity index (χ2n) is 8.49. The summed E-state index contributed by atoms with van der Waals surface area (Å²) in [7, 11) is -3.12. The lowest BCUT2D eigenvalue weighted by Crippen LogP contribution is -2.15. The first kappa shape index (κ1) is 25.7. The minimum Gasteiger partial charge on any atom is -0.480 e. The summed E-state index contributed by atoms with van der Waals surface area (Å²) in [6, 6.07) is 17.9. The molecular formula is C28H20F2N4O4S. The Bertz CT molecular complexity index is 1850. The minimum absolute atomic E-state index is 0.0349. The van der Waals surface area contributed by atoms with E-state index in [1.165, 1.54) is 19.4 Å². The van der Waals surface area contributed by atoms with Crippen LogP contribution < -0.4 is 15.2 Å². The van der Waals surface area contributed by atoms with Gasteiger partial charge in [-0.1, -0.05) is 18.2 Å². The van der Waals surface area contributed by atoms with Crippen LogP contribution in [0.1, 0.15) is 10.4 Å². The summed E-state index contributed by atoms with van der Waals surface area (Å²) in [4.78, 5) is 19.4. The number of ether oxygens (including phenoxy) is 1. The molecule has 39 heavy (non-hydrogen) atoms. The predicted octanol–water partition coefficient (Wildman–Crippen LogP) is 5.15. The molecule has 2 aromatic heterocycles. The molecule has 0 radical (unpaired) electrons. The Hall–Kier alpha value is -4.90. The third kappa shape index (κ3) is 5.12. The van der Waals surface area contributed by atoms with Gasteiger partial charge in [-0.15, -0.1) is 0 Å². The van der Waals surface area contributed by atoms with Gasteiger partial charge in [0, 0.05) is 35.0 Å². The molecule has 3 N–H and O–H groups in total. The molecule has 0 atom stereocenters. The minimum atomic E-state index is -4.43. The van der Waals surface area contributed by atoms with Crippen LogP contribution >= 0.6 is 0 Å². The summed E-state index contributed by atoms with van der Waals surface area (Å²) in [6.07, 6.45) is 3.18. The van der Waals surface area contributed by atoms with Gasteiger partial charge in [0.1, 0.15) is 22.2 Å². The van der Waals surface area contributed by atoms with E-state index in [1.54, 1.807) is 36.5 Å². The summed E-state index contributed by atoms with van der Waals surface area (Å²) in [5.41, 5.74) is 9.34. The number of nitrogens with two attached hydrogens (primary N) is 1. The smallest absolute Gasteiger partial charge is 0.264 e. The Balaban J connectivity index is 1.56. The number of hydrogen-bond donors (Lipinski definition) is 2. The Labute approximate surface area is 222 Å². The lowest BCUT2D eigenvalue weighted by Gasteiger charge is -2.14. The number of methoxy groups -OCH3 is 1. The summed E-state index contributed by atoms with van der Waals surface area (Å²) in [6.45, 7) is 0. The SMILES string of the molecule is COc1ncc(-c2ccc3nccc(-c4ccc(C(N)=O)cc4)c3c2)cc1NS(=O)(=O)c1ccc(F)cc1F. The van der Waals surface area contributed by atoms with Gasteiger partial charge in [-0.2, -0.15) is 0 Å². The van der Waals surface area contributed by atoms with E-state index in [0.29, 0.717) is 28.3 Å². The number of fused-ring (bicyclic) bond motifs is 1. The number of anilines is 1. The number of carbonyl (C=O) groups is 1. The largest absolute Gasteiger partial charge is 0.480 e. The molecule has 0 aliphatic rings. The monoisotopic (exact) mass is 546 g/mol. The second kappa shape index (κ2) is 10.1. The highest BCUT2D eigenvalue weighted by atomic mass is 32.2. The average molecular weight is 547 g/mol. The number of amides is 1. The highest BCUT2D eigenvalue weighted by Crippen LogP contribution is 2.34. The zero-order chi connectivity index (χ0) is 27.7. The van der Waals surface area contributed by atoms with Crippen LogP contribution in [0, 0.1) is 11.6 Å². The van der Waals surface area contributed by atoms with Crippen LogP contribution in [0.15, 0.2) is 90.1 Å². The van der Waals surface area contributed by atoms with Crippen LogP contribution in [0.5, 0.6) is 5.88 Å². The van der Waals surface area contributed by atoms with Crippen LogP contribution in [0.4, 0.5) is 14.5 Å². The predicted molar refractivity (Wildman–Crippen MR) is 143 cm³/mol. The van der Waals surface area contributed by atoms with Crippen molar-refractivity contribution in [3.8, 4) is 28.1 Å². The number of halogens is 2. The van der Waals surface area contributed by atoms with Crippen molar-refractivity contribution in [3.05, 3.63) is 102 Å². The van der Waals surface area contributed by atoms with E-state index in [4.69, 9.17) is 10.5 Å². The maximum Gasteiger partial charge on any atom is 0.264 e. The fraction of sp³-hybridized carbons (Fsp3) is 0.0357. The molecule has 0 aliphatic heterocycles. The molecule has 0 unspecified atom stereocenters. The third-order valence-electron chi connectivity index (χ3n) is 6.03. The lowest BCUT2D eigenvalue weighted by atomic mass is 9.97. The van der Waals surface area contributed by atoms with Crippen LogP contribution in [0.3, 0.4) is 0 Å². The van der Waals surface area contributed by atoms with Gasteiger partial charge in [0.15, 0.2) is 0 Å². The normalized spacial score (nSPS) is 11.4. The molecule has 11 heteroatoms. The Kier molecular flexibility index (Phi) is 6.67. The third-order valence-corrected chi connectivity index (χ3v) is 7.43. The lowest BCUT2D eigenvalue weighted by molar-refractivity contribution is 0.100. The van der Waals surface area contributed by atoms with Gasteiger partial charge in [-0.25, -0.2) is 22.2 Å². The second-order valence-corrected chi connectivity index (χ2v) is 10.1. The number of carbonyl (C=O) groups excluding carboxylic acids is 1. The van der Waals surface area contributed by atoms with Crippen molar-refractivity contribution in [1.82, 2.24) is 9.97 Å². The number of pyridine rings is 2. The van der Waals surface area contributed by atoms with Crippen molar-refractivity contribution in [2.24, 2.45) is 5.73 Å². The molecule has 5 aromatic rings. The molecule has 0 bridgehead atoms. The highest BCUT2D eigenvalue weighted by molar-refractivity contribution is 7.92. The van der Waals surface area contributed by atoms with Crippen molar-refractivity contribution in [3.63, 3.8) is 0 Å². The molecule has 2 heterocycles. The van der Waals surface area contributed by atoms with Crippen LogP contribution in [0.25, 0.3) is 33.2 Å². The van der Waals surface area contributed by atoms with Crippen molar-refractivity contribution >= 4 is 32.5 Å². The molecule has 0 saturated heterocycles. The zero-order valence-corrected chi connectivity index (χ0v) is 21.2. The molecule has 0 spiro atoms. The topological polar surface area (TPSA) is 124 Å². The Morgan fingerprint density at radius 1 is 0.897 bits per heavy atom. The van der Waals surface area contributed by atoms with Gasteiger partial charge in [0.2, 0.25) is 11.8 Å². The number of aromatic nitrogens is 2. The quantitative estimate of drug-likeness (QED) is 0.291.